The number of carbonyl (C=O) groups excluding carboxylic acids is 1. The summed E-state index contributed by atoms with van der Waals surface area (Å²) in [4.78, 5) is 18.4. The molecule has 108 valence electrons. The molecule has 1 aliphatic carbocycles. The van der Waals surface area contributed by atoms with E-state index in [0.717, 1.165) is 25.4 Å². The summed E-state index contributed by atoms with van der Waals surface area (Å²) in [5.74, 6) is 1.52. The molecule has 0 bridgehead atoms. The number of nitrogens with zero attached hydrogens (tertiary/aromatic N) is 2. The Morgan fingerprint density at radius 3 is 2.45 bits per heavy atom. The highest BCUT2D eigenvalue weighted by Gasteiger charge is 2.33. The number of hydrogen-bond acceptors (Lipinski definition) is 2. The van der Waals surface area contributed by atoms with Crippen molar-refractivity contribution in [2.24, 2.45) is 11.8 Å². The van der Waals surface area contributed by atoms with Crippen molar-refractivity contribution in [2.75, 3.05) is 13.1 Å². The number of likely N-dealkylation sites (tertiary alicyclic amines) is 1. The highest BCUT2D eigenvalue weighted by Crippen LogP contribution is 2.36. The maximum Gasteiger partial charge on any atom is 0.254 e. The van der Waals surface area contributed by atoms with Crippen LogP contribution in [-0.2, 0) is 0 Å². The van der Waals surface area contributed by atoms with Gasteiger partial charge < -0.3 is 4.90 Å². The number of halogens is 2. The van der Waals surface area contributed by atoms with E-state index in [2.05, 4.69) is 4.98 Å². The van der Waals surface area contributed by atoms with E-state index in [4.69, 9.17) is 23.2 Å². The normalized spacial score (nSPS) is 26.2. The molecule has 1 saturated heterocycles. The molecule has 0 spiro atoms. The molecular formula is C15H18Cl2N2O. The fourth-order valence-electron chi connectivity index (χ4n) is 3.56. The fourth-order valence-corrected chi connectivity index (χ4v) is 4.02. The third-order valence-corrected chi connectivity index (χ3v) is 4.98. The van der Waals surface area contributed by atoms with Crippen molar-refractivity contribution in [3.8, 4) is 0 Å². The van der Waals surface area contributed by atoms with E-state index in [1.54, 1.807) is 12.1 Å². The van der Waals surface area contributed by atoms with Crippen LogP contribution in [0.3, 0.4) is 0 Å². The Bertz CT molecular complexity index is 500. The van der Waals surface area contributed by atoms with Crippen LogP contribution < -0.4 is 0 Å². The first-order valence-electron chi connectivity index (χ1n) is 7.26. The van der Waals surface area contributed by atoms with Gasteiger partial charge in [0.05, 0.1) is 0 Å². The Labute approximate surface area is 129 Å². The van der Waals surface area contributed by atoms with Crippen LogP contribution >= 0.6 is 23.2 Å². The lowest BCUT2D eigenvalue weighted by atomic mass is 9.75. The van der Waals surface area contributed by atoms with Crippen molar-refractivity contribution in [1.82, 2.24) is 9.88 Å². The highest BCUT2D eigenvalue weighted by atomic mass is 35.5. The summed E-state index contributed by atoms with van der Waals surface area (Å²) < 4.78 is 0. The van der Waals surface area contributed by atoms with E-state index < -0.39 is 0 Å². The Kier molecular flexibility index (Phi) is 4.18. The van der Waals surface area contributed by atoms with E-state index in [9.17, 15) is 4.79 Å². The van der Waals surface area contributed by atoms with Gasteiger partial charge >= 0.3 is 0 Å². The molecule has 0 unspecified atom stereocenters. The number of amides is 1. The number of carbonyl (C=O) groups is 1. The van der Waals surface area contributed by atoms with Gasteiger partial charge in [-0.2, -0.15) is 0 Å². The summed E-state index contributed by atoms with van der Waals surface area (Å²) in [6.45, 7) is 1.72. The fraction of sp³-hybridized carbons (Fsp3) is 0.600. The lowest BCUT2D eigenvalue weighted by Crippen LogP contribution is -2.44. The molecule has 1 aromatic heterocycles. The van der Waals surface area contributed by atoms with Crippen molar-refractivity contribution in [2.45, 2.75) is 32.1 Å². The van der Waals surface area contributed by atoms with Crippen molar-refractivity contribution >= 4 is 29.1 Å². The Hall–Kier alpha value is -0.800. The van der Waals surface area contributed by atoms with E-state index >= 15 is 0 Å². The molecule has 5 heteroatoms. The van der Waals surface area contributed by atoms with Crippen LogP contribution in [-0.4, -0.2) is 28.9 Å². The number of aromatic nitrogens is 1. The molecule has 20 heavy (non-hydrogen) atoms. The lowest BCUT2D eigenvalue weighted by molar-refractivity contribution is 0.0521. The van der Waals surface area contributed by atoms with Gasteiger partial charge in [-0.25, -0.2) is 4.98 Å². The Morgan fingerprint density at radius 1 is 1.10 bits per heavy atom. The van der Waals surface area contributed by atoms with Gasteiger partial charge in [-0.3, -0.25) is 4.79 Å². The first-order valence-corrected chi connectivity index (χ1v) is 8.01. The molecule has 2 aliphatic rings. The van der Waals surface area contributed by atoms with Gasteiger partial charge in [-0.15, -0.1) is 0 Å². The van der Waals surface area contributed by atoms with Crippen LogP contribution in [0.4, 0.5) is 0 Å². The second-order valence-corrected chi connectivity index (χ2v) is 6.62. The highest BCUT2D eigenvalue weighted by molar-refractivity contribution is 6.33. The number of hydrogen-bond donors (Lipinski definition) is 0. The van der Waals surface area contributed by atoms with Gasteiger partial charge in [0.2, 0.25) is 0 Å². The largest absolute Gasteiger partial charge is 0.338 e. The summed E-state index contributed by atoms with van der Waals surface area (Å²) in [5, 5.41) is 0.543. The second kappa shape index (κ2) is 5.90. The Morgan fingerprint density at radius 2 is 1.75 bits per heavy atom. The summed E-state index contributed by atoms with van der Waals surface area (Å²) in [5.41, 5.74) is 0.546. The average molecular weight is 313 g/mol. The second-order valence-electron chi connectivity index (χ2n) is 5.85. The summed E-state index contributed by atoms with van der Waals surface area (Å²) in [7, 11) is 0. The molecule has 2 fully saturated rings. The van der Waals surface area contributed by atoms with Crippen molar-refractivity contribution in [3.05, 3.63) is 28.0 Å². The third kappa shape index (κ3) is 2.94. The van der Waals surface area contributed by atoms with Crippen LogP contribution in [0.25, 0.3) is 0 Å². The molecule has 0 N–H and O–H groups in total. The monoisotopic (exact) mass is 312 g/mol. The van der Waals surface area contributed by atoms with Crippen LogP contribution in [0.2, 0.25) is 10.3 Å². The Balaban J connectivity index is 1.74. The van der Waals surface area contributed by atoms with Crippen molar-refractivity contribution < 1.29 is 4.79 Å². The summed E-state index contributed by atoms with van der Waals surface area (Å²) in [6, 6.07) is 3.20. The predicted octanol–water partition coefficient (Wildman–Crippen LogP) is 4.04. The standard InChI is InChI=1S/C15H18Cl2N2O/c16-13-7-12(8-14(17)18-13)15(20)19-6-5-10-3-1-2-4-11(10)9-19/h7-8,10-11H,1-6,9H2/t10-,11-/m1/s1. The maximum absolute atomic E-state index is 12.6. The zero-order chi connectivity index (χ0) is 14.1. The lowest BCUT2D eigenvalue weighted by Gasteiger charge is -2.41. The number of fused-ring (bicyclic) bond motifs is 1. The summed E-state index contributed by atoms with van der Waals surface area (Å²) in [6.07, 6.45) is 6.37. The molecule has 0 aromatic carbocycles. The first kappa shape index (κ1) is 14.2. The molecule has 3 nitrogen and oxygen atoms in total. The molecular weight excluding hydrogens is 295 g/mol. The van der Waals surface area contributed by atoms with E-state index in [1.807, 2.05) is 4.90 Å². The quantitative estimate of drug-likeness (QED) is 0.733. The molecule has 2 atom stereocenters. The van der Waals surface area contributed by atoms with Crippen LogP contribution in [0.5, 0.6) is 0 Å². The number of pyridine rings is 1. The topological polar surface area (TPSA) is 33.2 Å². The molecule has 0 radical (unpaired) electrons. The van der Waals surface area contributed by atoms with Crippen molar-refractivity contribution in [3.63, 3.8) is 0 Å². The minimum atomic E-state index is 0.0280. The first-order chi connectivity index (χ1) is 9.63. The third-order valence-electron chi connectivity index (χ3n) is 4.59. The van der Waals surface area contributed by atoms with Crippen LogP contribution in [0.1, 0.15) is 42.5 Å². The van der Waals surface area contributed by atoms with Gasteiger partial charge in [-0.1, -0.05) is 42.5 Å². The number of piperidine rings is 1. The van der Waals surface area contributed by atoms with E-state index in [0.29, 0.717) is 11.5 Å². The van der Waals surface area contributed by atoms with Gasteiger partial charge in [0, 0.05) is 18.7 Å². The zero-order valence-electron chi connectivity index (χ0n) is 11.3. The molecule has 2 heterocycles. The molecule has 1 aliphatic heterocycles. The van der Waals surface area contributed by atoms with E-state index in [-0.39, 0.29) is 16.2 Å². The SMILES string of the molecule is O=C(c1cc(Cl)nc(Cl)c1)N1CC[C@H]2CCCC[C@@H]2C1. The minimum absolute atomic E-state index is 0.0280. The van der Waals surface area contributed by atoms with Gasteiger partial charge in [0.15, 0.2) is 0 Å². The molecule has 1 amide bonds. The van der Waals surface area contributed by atoms with Crippen molar-refractivity contribution in [1.29, 1.82) is 0 Å². The van der Waals surface area contributed by atoms with Crippen LogP contribution in [0.15, 0.2) is 12.1 Å². The van der Waals surface area contributed by atoms with E-state index in [1.165, 1.54) is 25.7 Å². The summed E-state index contributed by atoms with van der Waals surface area (Å²) >= 11 is 11.8. The van der Waals surface area contributed by atoms with Gasteiger partial charge in [-0.05, 0) is 36.8 Å². The van der Waals surface area contributed by atoms with Crippen LogP contribution in [0, 0.1) is 11.8 Å². The zero-order valence-corrected chi connectivity index (χ0v) is 12.8. The maximum atomic E-state index is 12.6. The van der Waals surface area contributed by atoms with Gasteiger partial charge in [0.1, 0.15) is 10.3 Å². The van der Waals surface area contributed by atoms with Gasteiger partial charge in [0.25, 0.3) is 5.91 Å². The molecule has 1 saturated carbocycles. The molecule has 1 aromatic rings. The predicted molar refractivity (Wildman–Crippen MR) is 80.2 cm³/mol. The molecule has 3 rings (SSSR count). The minimum Gasteiger partial charge on any atom is -0.338 e. The smallest absolute Gasteiger partial charge is 0.254 e. The average Bonchev–Trinajstić information content (AvgIpc) is 2.45. The number of rotatable bonds is 1.